The fourth-order valence-corrected chi connectivity index (χ4v) is 3.42. The number of nitrogens with one attached hydrogen (secondary N) is 1. The highest BCUT2D eigenvalue weighted by molar-refractivity contribution is 5.74. The molecule has 3 rings (SSSR count). The van der Waals surface area contributed by atoms with Crippen LogP contribution in [0.2, 0.25) is 0 Å². The molecule has 0 aromatic carbocycles. The number of aryl methyl sites for hydroxylation is 1. The van der Waals surface area contributed by atoms with Gasteiger partial charge in [-0.15, -0.1) is 0 Å². The zero-order chi connectivity index (χ0) is 15.7. The number of urea groups is 1. The van der Waals surface area contributed by atoms with Gasteiger partial charge in [-0.3, -0.25) is 4.90 Å². The van der Waals surface area contributed by atoms with Gasteiger partial charge in [0, 0.05) is 33.3 Å². The van der Waals surface area contributed by atoms with Crippen LogP contribution >= 0.6 is 0 Å². The fraction of sp³-hybridized carbons (Fsp3) is 0.688. The van der Waals surface area contributed by atoms with Gasteiger partial charge in [-0.1, -0.05) is 0 Å². The molecule has 2 fully saturated rings. The van der Waals surface area contributed by atoms with E-state index in [1.165, 1.54) is 0 Å². The van der Waals surface area contributed by atoms with Gasteiger partial charge in [0.15, 0.2) is 0 Å². The van der Waals surface area contributed by atoms with Gasteiger partial charge in [-0.25, -0.2) is 4.79 Å². The Kier molecular flexibility index (Phi) is 4.40. The number of nitrogens with zero attached hydrogens (tertiary/aromatic N) is 2. The summed E-state index contributed by atoms with van der Waals surface area (Å²) in [5.41, 5.74) is 0. The van der Waals surface area contributed by atoms with Crippen LogP contribution in [0.5, 0.6) is 0 Å². The molecule has 122 valence electrons. The molecule has 1 N–H and O–H groups in total. The third kappa shape index (κ3) is 3.13. The second-order valence-electron chi connectivity index (χ2n) is 6.44. The SMILES string of the molecule is Cc1ccc(CN2C[C@@H](NC(=O)N(C)C)[C@@H]3OCCC[C@@H]32)o1. The molecule has 1 aromatic rings. The maximum Gasteiger partial charge on any atom is 0.317 e. The van der Waals surface area contributed by atoms with E-state index in [4.69, 9.17) is 9.15 Å². The molecule has 6 heteroatoms. The third-order valence-corrected chi connectivity index (χ3v) is 4.50. The van der Waals surface area contributed by atoms with Gasteiger partial charge >= 0.3 is 6.03 Å². The monoisotopic (exact) mass is 307 g/mol. The van der Waals surface area contributed by atoms with Gasteiger partial charge in [-0.05, 0) is 31.9 Å². The van der Waals surface area contributed by atoms with E-state index < -0.39 is 0 Å². The predicted molar refractivity (Wildman–Crippen MR) is 82.6 cm³/mol. The number of amides is 2. The number of likely N-dealkylation sites (tertiary alicyclic amines) is 1. The number of carbonyl (C=O) groups excluding carboxylic acids is 1. The lowest BCUT2D eigenvalue weighted by molar-refractivity contribution is -0.0215. The maximum atomic E-state index is 12.0. The van der Waals surface area contributed by atoms with Crippen LogP contribution in [0.4, 0.5) is 4.79 Å². The summed E-state index contributed by atoms with van der Waals surface area (Å²) in [6.07, 6.45) is 2.26. The van der Waals surface area contributed by atoms with Crippen LogP contribution in [0.3, 0.4) is 0 Å². The van der Waals surface area contributed by atoms with Crippen molar-refractivity contribution in [1.29, 1.82) is 0 Å². The molecule has 2 aliphatic heterocycles. The zero-order valence-electron chi connectivity index (χ0n) is 13.5. The van der Waals surface area contributed by atoms with Crippen LogP contribution < -0.4 is 5.32 Å². The van der Waals surface area contributed by atoms with E-state index in [9.17, 15) is 4.79 Å². The van der Waals surface area contributed by atoms with E-state index in [-0.39, 0.29) is 18.2 Å². The van der Waals surface area contributed by atoms with Gasteiger partial charge in [-0.2, -0.15) is 0 Å². The number of hydrogen-bond acceptors (Lipinski definition) is 4. The van der Waals surface area contributed by atoms with Crippen molar-refractivity contribution in [3.05, 3.63) is 23.7 Å². The van der Waals surface area contributed by atoms with Crippen molar-refractivity contribution in [3.8, 4) is 0 Å². The standard InChI is InChI=1S/C16H25N3O3/c1-11-6-7-12(22-11)9-19-10-13(17-16(20)18(2)3)15-14(19)5-4-8-21-15/h6-7,13-15H,4-5,8-10H2,1-3H3,(H,17,20)/t13-,14+,15+/m1/s1. The van der Waals surface area contributed by atoms with E-state index in [1.807, 2.05) is 19.1 Å². The largest absolute Gasteiger partial charge is 0.465 e. The summed E-state index contributed by atoms with van der Waals surface area (Å²) in [5, 5.41) is 3.09. The number of hydrogen-bond donors (Lipinski definition) is 1. The van der Waals surface area contributed by atoms with Crippen molar-refractivity contribution in [1.82, 2.24) is 15.1 Å². The number of ether oxygens (including phenoxy) is 1. The van der Waals surface area contributed by atoms with Crippen molar-refractivity contribution in [2.75, 3.05) is 27.2 Å². The Labute approximate surface area is 131 Å². The van der Waals surface area contributed by atoms with Gasteiger partial charge < -0.3 is 19.4 Å². The molecule has 2 amide bonds. The minimum atomic E-state index is -0.0615. The van der Waals surface area contributed by atoms with Crippen LogP contribution in [0.1, 0.15) is 24.4 Å². The molecule has 6 nitrogen and oxygen atoms in total. The molecule has 0 radical (unpaired) electrons. The molecule has 0 unspecified atom stereocenters. The van der Waals surface area contributed by atoms with Crippen LogP contribution in [0.15, 0.2) is 16.5 Å². The molecule has 3 heterocycles. The molecular formula is C16H25N3O3. The van der Waals surface area contributed by atoms with E-state index in [0.29, 0.717) is 6.04 Å². The molecule has 22 heavy (non-hydrogen) atoms. The van der Waals surface area contributed by atoms with E-state index in [0.717, 1.165) is 44.1 Å². The van der Waals surface area contributed by atoms with Crippen molar-refractivity contribution < 1.29 is 13.9 Å². The lowest BCUT2D eigenvalue weighted by atomic mass is 10.0. The molecule has 2 aliphatic rings. The summed E-state index contributed by atoms with van der Waals surface area (Å²) in [6, 6.07) is 4.35. The fourth-order valence-electron chi connectivity index (χ4n) is 3.42. The predicted octanol–water partition coefficient (Wildman–Crippen LogP) is 1.59. The number of carbonyl (C=O) groups is 1. The number of furan rings is 1. The van der Waals surface area contributed by atoms with Crippen LogP contribution in [-0.4, -0.2) is 61.3 Å². The van der Waals surface area contributed by atoms with Crippen molar-refractivity contribution in [2.24, 2.45) is 0 Å². The summed E-state index contributed by atoms with van der Waals surface area (Å²) in [4.78, 5) is 15.9. The Morgan fingerprint density at radius 2 is 2.27 bits per heavy atom. The first-order valence-corrected chi connectivity index (χ1v) is 7.93. The Bertz CT molecular complexity index is 528. The molecule has 2 saturated heterocycles. The molecule has 3 atom stereocenters. The van der Waals surface area contributed by atoms with Gasteiger partial charge in [0.25, 0.3) is 0 Å². The van der Waals surface area contributed by atoms with Crippen molar-refractivity contribution in [2.45, 2.75) is 44.5 Å². The average Bonchev–Trinajstić information content (AvgIpc) is 3.04. The van der Waals surface area contributed by atoms with Crippen molar-refractivity contribution >= 4 is 6.03 Å². The molecule has 0 bridgehead atoms. The zero-order valence-corrected chi connectivity index (χ0v) is 13.5. The molecule has 0 saturated carbocycles. The Morgan fingerprint density at radius 1 is 1.45 bits per heavy atom. The molecule has 0 spiro atoms. The quantitative estimate of drug-likeness (QED) is 0.921. The number of rotatable bonds is 3. The highest BCUT2D eigenvalue weighted by Crippen LogP contribution is 2.30. The molecular weight excluding hydrogens is 282 g/mol. The Morgan fingerprint density at radius 3 is 2.95 bits per heavy atom. The van der Waals surface area contributed by atoms with Gasteiger partial charge in [0.2, 0.25) is 0 Å². The average molecular weight is 307 g/mol. The van der Waals surface area contributed by atoms with E-state index in [2.05, 4.69) is 10.2 Å². The van der Waals surface area contributed by atoms with Crippen molar-refractivity contribution in [3.63, 3.8) is 0 Å². The van der Waals surface area contributed by atoms with Crippen LogP contribution in [0.25, 0.3) is 0 Å². The van der Waals surface area contributed by atoms with Crippen LogP contribution in [0, 0.1) is 6.92 Å². The van der Waals surface area contributed by atoms with E-state index in [1.54, 1.807) is 19.0 Å². The van der Waals surface area contributed by atoms with Crippen LogP contribution in [-0.2, 0) is 11.3 Å². The lowest BCUT2D eigenvalue weighted by Crippen LogP contribution is -2.50. The van der Waals surface area contributed by atoms with E-state index >= 15 is 0 Å². The minimum absolute atomic E-state index is 0.0382. The summed E-state index contributed by atoms with van der Waals surface area (Å²) < 4.78 is 11.7. The highest BCUT2D eigenvalue weighted by Gasteiger charge is 2.44. The number of fused-ring (bicyclic) bond motifs is 1. The third-order valence-electron chi connectivity index (χ3n) is 4.50. The normalized spacial score (nSPS) is 28.4. The first-order valence-electron chi connectivity index (χ1n) is 7.93. The Hall–Kier alpha value is -1.53. The summed E-state index contributed by atoms with van der Waals surface area (Å²) in [7, 11) is 3.51. The lowest BCUT2D eigenvalue weighted by Gasteiger charge is -2.32. The summed E-state index contributed by atoms with van der Waals surface area (Å²) >= 11 is 0. The minimum Gasteiger partial charge on any atom is -0.465 e. The molecule has 1 aromatic heterocycles. The smallest absolute Gasteiger partial charge is 0.317 e. The second-order valence-corrected chi connectivity index (χ2v) is 6.44. The topological polar surface area (TPSA) is 58.0 Å². The van der Waals surface area contributed by atoms with Gasteiger partial charge in [0.05, 0.1) is 18.7 Å². The highest BCUT2D eigenvalue weighted by atomic mass is 16.5. The molecule has 0 aliphatic carbocycles. The maximum absolute atomic E-state index is 12.0. The second kappa shape index (κ2) is 6.30. The van der Waals surface area contributed by atoms with Gasteiger partial charge in [0.1, 0.15) is 11.5 Å². The summed E-state index contributed by atoms with van der Waals surface area (Å²) in [6.45, 7) is 4.31. The first kappa shape index (κ1) is 15.4. The summed E-state index contributed by atoms with van der Waals surface area (Å²) in [5.74, 6) is 1.91. The Balaban J connectivity index is 1.70. The first-order chi connectivity index (χ1) is 10.5.